The minimum Gasteiger partial charge on any atom is -0.508 e. The van der Waals surface area contributed by atoms with Gasteiger partial charge in [-0.25, -0.2) is 9.59 Å². The SMILES string of the molecule is O=C(Oc1cccc(C(=O)O)c1-c1cccc2ccccc12)c1ccc(O)cc1. The van der Waals surface area contributed by atoms with Crippen LogP contribution in [0, 0.1) is 0 Å². The Balaban J connectivity index is 1.87. The number of carbonyl (C=O) groups is 2. The molecular weight excluding hydrogens is 368 g/mol. The molecule has 0 saturated carbocycles. The highest BCUT2D eigenvalue weighted by atomic mass is 16.5. The molecule has 4 rings (SSSR count). The summed E-state index contributed by atoms with van der Waals surface area (Å²) in [4.78, 5) is 24.5. The van der Waals surface area contributed by atoms with Gasteiger partial charge in [-0.05, 0) is 52.7 Å². The number of carboxylic acids is 1. The molecule has 0 amide bonds. The van der Waals surface area contributed by atoms with Crippen LogP contribution in [0.3, 0.4) is 0 Å². The number of ether oxygens (including phenoxy) is 1. The molecule has 2 N–H and O–H groups in total. The summed E-state index contributed by atoms with van der Waals surface area (Å²) < 4.78 is 5.58. The summed E-state index contributed by atoms with van der Waals surface area (Å²) in [6.45, 7) is 0. The average Bonchev–Trinajstić information content (AvgIpc) is 2.73. The summed E-state index contributed by atoms with van der Waals surface area (Å²) in [5.41, 5.74) is 1.28. The van der Waals surface area contributed by atoms with Gasteiger partial charge in [0.25, 0.3) is 0 Å². The zero-order chi connectivity index (χ0) is 20.4. The highest BCUT2D eigenvalue weighted by molar-refractivity contribution is 6.06. The standard InChI is InChI=1S/C24H16O5/c25-17-13-11-16(12-14-17)24(28)29-21-10-4-9-20(23(26)27)22(21)19-8-3-6-15-5-1-2-7-18(15)19/h1-14,25H,(H,26,27). The maximum Gasteiger partial charge on any atom is 0.343 e. The summed E-state index contributed by atoms with van der Waals surface area (Å²) in [5, 5.41) is 20.9. The third kappa shape index (κ3) is 3.53. The third-order valence-corrected chi connectivity index (χ3v) is 4.62. The number of benzene rings is 4. The minimum absolute atomic E-state index is 0.0332. The zero-order valence-electron chi connectivity index (χ0n) is 15.2. The molecule has 0 aliphatic carbocycles. The van der Waals surface area contributed by atoms with Gasteiger partial charge in [-0.3, -0.25) is 0 Å². The van der Waals surface area contributed by atoms with Crippen LogP contribution in [0.25, 0.3) is 21.9 Å². The molecular formula is C24H16O5. The first-order valence-corrected chi connectivity index (χ1v) is 8.90. The lowest BCUT2D eigenvalue weighted by atomic mass is 9.93. The van der Waals surface area contributed by atoms with Gasteiger partial charge in [0.1, 0.15) is 11.5 Å². The molecule has 0 fully saturated rings. The van der Waals surface area contributed by atoms with E-state index in [0.29, 0.717) is 11.1 Å². The largest absolute Gasteiger partial charge is 0.508 e. The van der Waals surface area contributed by atoms with Crippen LogP contribution in [0.1, 0.15) is 20.7 Å². The Morgan fingerprint density at radius 2 is 1.45 bits per heavy atom. The maximum absolute atomic E-state index is 12.6. The van der Waals surface area contributed by atoms with E-state index < -0.39 is 11.9 Å². The van der Waals surface area contributed by atoms with E-state index in [0.717, 1.165) is 10.8 Å². The van der Waals surface area contributed by atoms with Crippen molar-refractivity contribution in [1.29, 1.82) is 0 Å². The van der Waals surface area contributed by atoms with Crippen molar-refractivity contribution < 1.29 is 24.5 Å². The van der Waals surface area contributed by atoms with E-state index in [9.17, 15) is 19.8 Å². The number of phenols is 1. The van der Waals surface area contributed by atoms with Crippen LogP contribution < -0.4 is 4.74 Å². The van der Waals surface area contributed by atoms with Gasteiger partial charge in [0.2, 0.25) is 0 Å². The molecule has 0 aromatic heterocycles. The molecule has 0 saturated heterocycles. The number of fused-ring (bicyclic) bond motifs is 1. The van der Waals surface area contributed by atoms with Crippen LogP contribution >= 0.6 is 0 Å². The van der Waals surface area contributed by atoms with Crippen molar-refractivity contribution in [3.63, 3.8) is 0 Å². The third-order valence-electron chi connectivity index (χ3n) is 4.62. The van der Waals surface area contributed by atoms with Crippen molar-refractivity contribution >= 4 is 22.7 Å². The van der Waals surface area contributed by atoms with E-state index in [1.54, 1.807) is 6.07 Å². The number of hydrogen-bond donors (Lipinski definition) is 2. The highest BCUT2D eigenvalue weighted by Crippen LogP contribution is 2.38. The van der Waals surface area contributed by atoms with Crippen molar-refractivity contribution in [3.05, 3.63) is 96.1 Å². The number of hydrogen-bond acceptors (Lipinski definition) is 4. The lowest BCUT2D eigenvalue weighted by Gasteiger charge is -2.15. The Hall–Kier alpha value is -4.12. The Kier molecular flexibility index (Phi) is 4.71. The van der Waals surface area contributed by atoms with Crippen LogP contribution in [0.2, 0.25) is 0 Å². The van der Waals surface area contributed by atoms with Crippen LogP contribution in [-0.4, -0.2) is 22.2 Å². The first kappa shape index (κ1) is 18.3. The molecule has 0 radical (unpaired) electrons. The Morgan fingerprint density at radius 1 is 0.759 bits per heavy atom. The number of esters is 1. The van der Waals surface area contributed by atoms with Crippen LogP contribution in [0.15, 0.2) is 84.9 Å². The molecule has 0 atom stereocenters. The number of carboxylic acid groups (broad SMARTS) is 1. The second-order valence-electron chi connectivity index (χ2n) is 6.45. The molecule has 0 aliphatic rings. The fourth-order valence-corrected chi connectivity index (χ4v) is 3.27. The van der Waals surface area contributed by atoms with Crippen LogP contribution in [-0.2, 0) is 0 Å². The Bertz CT molecular complexity index is 1220. The average molecular weight is 384 g/mol. The highest BCUT2D eigenvalue weighted by Gasteiger charge is 2.21. The molecule has 0 heterocycles. The first-order valence-electron chi connectivity index (χ1n) is 8.90. The van der Waals surface area contributed by atoms with Crippen LogP contribution in [0.4, 0.5) is 0 Å². The van der Waals surface area contributed by atoms with Gasteiger partial charge in [0.05, 0.1) is 11.1 Å². The first-order chi connectivity index (χ1) is 14.0. The molecule has 0 bridgehead atoms. The van der Waals surface area contributed by atoms with Crippen molar-refractivity contribution in [2.75, 3.05) is 0 Å². The summed E-state index contributed by atoms with van der Waals surface area (Å²) in [7, 11) is 0. The Morgan fingerprint density at radius 3 is 2.21 bits per heavy atom. The van der Waals surface area contributed by atoms with Gasteiger partial charge >= 0.3 is 11.9 Å². The van der Waals surface area contributed by atoms with Gasteiger partial charge < -0.3 is 14.9 Å². The van der Waals surface area contributed by atoms with E-state index in [4.69, 9.17) is 4.74 Å². The monoisotopic (exact) mass is 384 g/mol. The molecule has 0 aliphatic heterocycles. The molecule has 4 aromatic rings. The fourth-order valence-electron chi connectivity index (χ4n) is 3.27. The normalized spacial score (nSPS) is 10.6. The summed E-state index contributed by atoms with van der Waals surface area (Å²) in [6, 6.07) is 23.4. The topological polar surface area (TPSA) is 83.8 Å². The predicted molar refractivity (Wildman–Crippen MR) is 109 cm³/mol. The number of rotatable bonds is 4. The van der Waals surface area contributed by atoms with Gasteiger partial charge in [-0.15, -0.1) is 0 Å². The zero-order valence-corrected chi connectivity index (χ0v) is 15.2. The summed E-state index contributed by atoms with van der Waals surface area (Å²) in [5.74, 6) is -1.57. The lowest BCUT2D eigenvalue weighted by Crippen LogP contribution is -2.10. The minimum atomic E-state index is -1.12. The number of aromatic hydroxyl groups is 1. The van der Waals surface area contributed by atoms with E-state index >= 15 is 0 Å². The Labute approximate surface area is 166 Å². The van der Waals surface area contributed by atoms with Gasteiger partial charge in [0.15, 0.2) is 0 Å². The molecule has 5 nitrogen and oxygen atoms in total. The van der Waals surface area contributed by atoms with Crippen molar-refractivity contribution in [1.82, 2.24) is 0 Å². The van der Waals surface area contributed by atoms with Crippen molar-refractivity contribution in [3.8, 4) is 22.6 Å². The number of aromatic carboxylic acids is 1. The second kappa shape index (κ2) is 7.48. The van der Waals surface area contributed by atoms with Crippen molar-refractivity contribution in [2.45, 2.75) is 0 Å². The fraction of sp³-hybridized carbons (Fsp3) is 0. The predicted octanol–water partition coefficient (Wildman–Crippen LogP) is 5.13. The number of carbonyl (C=O) groups excluding carboxylic acids is 1. The van der Waals surface area contributed by atoms with Gasteiger partial charge in [-0.1, -0.05) is 48.5 Å². The van der Waals surface area contributed by atoms with E-state index in [-0.39, 0.29) is 22.6 Å². The van der Waals surface area contributed by atoms with Crippen LogP contribution in [0.5, 0.6) is 11.5 Å². The maximum atomic E-state index is 12.6. The van der Waals surface area contributed by atoms with Crippen molar-refractivity contribution in [2.24, 2.45) is 0 Å². The quantitative estimate of drug-likeness (QED) is 0.376. The molecule has 29 heavy (non-hydrogen) atoms. The van der Waals surface area contributed by atoms with Gasteiger partial charge in [-0.2, -0.15) is 0 Å². The van der Waals surface area contributed by atoms with Gasteiger partial charge in [0, 0.05) is 5.56 Å². The lowest BCUT2D eigenvalue weighted by molar-refractivity contribution is 0.0689. The summed E-state index contributed by atoms with van der Waals surface area (Å²) >= 11 is 0. The van der Waals surface area contributed by atoms with E-state index in [1.165, 1.54) is 36.4 Å². The molecule has 0 unspecified atom stereocenters. The second-order valence-corrected chi connectivity index (χ2v) is 6.45. The molecule has 4 aromatic carbocycles. The van der Waals surface area contributed by atoms with E-state index in [1.807, 2.05) is 42.5 Å². The molecule has 5 heteroatoms. The molecule has 0 spiro atoms. The summed E-state index contributed by atoms with van der Waals surface area (Å²) in [6.07, 6.45) is 0. The smallest absolute Gasteiger partial charge is 0.343 e. The molecule has 142 valence electrons. The van der Waals surface area contributed by atoms with E-state index in [2.05, 4.69) is 0 Å². The number of phenolic OH excluding ortho intramolecular Hbond substituents is 1.